The molecule has 1 aliphatic heterocycles. The van der Waals surface area contributed by atoms with E-state index in [1.54, 1.807) is 7.11 Å². The van der Waals surface area contributed by atoms with Crippen LogP contribution >= 0.6 is 12.2 Å². The highest BCUT2D eigenvalue weighted by atomic mass is 32.1. The minimum absolute atomic E-state index is 0.290. The van der Waals surface area contributed by atoms with Gasteiger partial charge in [-0.25, -0.2) is 0 Å². The Balaban J connectivity index is 1.97. The van der Waals surface area contributed by atoms with Crippen LogP contribution in [0.1, 0.15) is 12.8 Å². The molecule has 1 saturated heterocycles. The van der Waals surface area contributed by atoms with Gasteiger partial charge < -0.3 is 9.47 Å². The number of hydrogen-bond acceptors (Lipinski definition) is 3. The third kappa shape index (κ3) is 1.33. The predicted octanol–water partition coefficient (Wildman–Crippen LogP) is 1.18. The lowest BCUT2D eigenvalue weighted by atomic mass is 9.89. The van der Waals surface area contributed by atoms with Crippen LogP contribution < -0.4 is 0 Å². The van der Waals surface area contributed by atoms with Crippen molar-refractivity contribution in [3.8, 4) is 0 Å². The van der Waals surface area contributed by atoms with Crippen LogP contribution in [-0.4, -0.2) is 30.8 Å². The molecular formula is C8H12O2S. The minimum atomic E-state index is 0.290. The summed E-state index contributed by atoms with van der Waals surface area (Å²) in [6.07, 6.45) is 3.26. The summed E-state index contributed by atoms with van der Waals surface area (Å²) < 4.78 is 10.7. The van der Waals surface area contributed by atoms with Gasteiger partial charge in [0, 0.05) is 7.11 Å². The van der Waals surface area contributed by atoms with Crippen molar-refractivity contribution in [3.63, 3.8) is 0 Å². The third-order valence-electron chi connectivity index (χ3n) is 2.55. The smallest absolute Gasteiger partial charge is 0.110 e. The van der Waals surface area contributed by atoms with E-state index in [9.17, 15) is 0 Å². The number of methoxy groups -OCH3 is 1. The maximum atomic E-state index is 5.42. The standard InChI is InChI=1S/C8H12O2S/c1-9-6-2-5(4-11)3-7-8(6)10-7/h4-8H,2-3H2,1H3. The first-order valence-electron chi connectivity index (χ1n) is 3.98. The van der Waals surface area contributed by atoms with Crippen molar-refractivity contribution in [1.29, 1.82) is 0 Å². The van der Waals surface area contributed by atoms with Gasteiger partial charge in [0.05, 0.1) is 12.2 Å². The van der Waals surface area contributed by atoms with Crippen molar-refractivity contribution >= 4 is 17.6 Å². The van der Waals surface area contributed by atoms with Gasteiger partial charge in [-0.05, 0) is 24.1 Å². The van der Waals surface area contributed by atoms with Crippen LogP contribution in [0, 0.1) is 5.92 Å². The molecule has 2 fully saturated rings. The van der Waals surface area contributed by atoms with Crippen LogP contribution in [0.4, 0.5) is 0 Å². The molecule has 0 aromatic carbocycles. The van der Waals surface area contributed by atoms with Gasteiger partial charge in [0.1, 0.15) is 6.10 Å². The average molecular weight is 172 g/mol. The van der Waals surface area contributed by atoms with Gasteiger partial charge in [-0.3, -0.25) is 0 Å². The zero-order valence-electron chi connectivity index (χ0n) is 6.53. The Hall–Kier alpha value is 0.01000. The van der Waals surface area contributed by atoms with Crippen LogP contribution in [0.15, 0.2) is 0 Å². The molecule has 4 atom stereocenters. The second kappa shape index (κ2) is 2.81. The fraction of sp³-hybridized carbons (Fsp3) is 0.875. The topological polar surface area (TPSA) is 21.8 Å². The zero-order chi connectivity index (χ0) is 7.84. The maximum Gasteiger partial charge on any atom is 0.110 e. The lowest BCUT2D eigenvalue weighted by Crippen LogP contribution is -2.29. The molecule has 2 rings (SSSR count). The lowest BCUT2D eigenvalue weighted by Gasteiger charge is -2.21. The Morgan fingerprint density at radius 3 is 3.00 bits per heavy atom. The molecule has 0 amide bonds. The van der Waals surface area contributed by atoms with Gasteiger partial charge in [0.2, 0.25) is 0 Å². The SMILES string of the molecule is COC1CC(C=S)CC2OC12. The molecule has 0 radical (unpaired) electrons. The highest BCUT2D eigenvalue weighted by Crippen LogP contribution is 2.40. The first-order chi connectivity index (χ1) is 5.35. The summed E-state index contributed by atoms with van der Waals surface area (Å²) in [6, 6.07) is 0. The first-order valence-corrected chi connectivity index (χ1v) is 4.46. The molecule has 0 spiro atoms. The molecule has 0 aromatic heterocycles. The van der Waals surface area contributed by atoms with E-state index >= 15 is 0 Å². The van der Waals surface area contributed by atoms with Crippen LogP contribution in [0.5, 0.6) is 0 Å². The van der Waals surface area contributed by atoms with E-state index in [0.29, 0.717) is 18.1 Å². The lowest BCUT2D eigenvalue weighted by molar-refractivity contribution is 0.0611. The van der Waals surface area contributed by atoms with E-state index in [-0.39, 0.29) is 6.10 Å². The van der Waals surface area contributed by atoms with Crippen LogP contribution in [-0.2, 0) is 9.47 Å². The molecular weight excluding hydrogens is 160 g/mol. The fourth-order valence-corrected chi connectivity index (χ4v) is 2.06. The number of epoxide rings is 1. The van der Waals surface area contributed by atoms with E-state index in [4.69, 9.17) is 21.7 Å². The third-order valence-corrected chi connectivity index (χ3v) is 2.94. The Morgan fingerprint density at radius 1 is 1.55 bits per heavy atom. The monoisotopic (exact) mass is 172 g/mol. The van der Waals surface area contributed by atoms with Gasteiger partial charge in [-0.2, -0.15) is 0 Å². The molecule has 0 aromatic rings. The molecule has 1 aliphatic carbocycles. The molecule has 3 heteroatoms. The van der Waals surface area contributed by atoms with Crippen LogP contribution in [0.25, 0.3) is 0 Å². The Bertz CT molecular complexity index is 171. The van der Waals surface area contributed by atoms with Crippen molar-refractivity contribution in [1.82, 2.24) is 0 Å². The molecule has 0 bridgehead atoms. The van der Waals surface area contributed by atoms with Crippen molar-refractivity contribution in [2.45, 2.75) is 31.2 Å². The van der Waals surface area contributed by atoms with Crippen molar-refractivity contribution in [2.75, 3.05) is 7.11 Å². The summed E-state index contributed by atoms with van der Waals surface area (Å²) in [7, 11) is 1.75. The van der Waals surface area contributed by atoms with E-state index in [1.165, 1.54) is 0 Å². The molecule has 4 unspecified atom stereocenters. The second-order valence-electron chi connectivity index (χ2n) is 3.28. The average Bonchev–Trinajstić information content (AvgIpc) is 2.80. The van der Waals surface area contributed by atoms with Crippen LogP contribution in [0.2, 0.25) is 0 Å². The number of fused-ring (bicyclic) bond motifs is 1. The molecule has 62 valence electrons. The molecule has 11 heavy (non-hydrogen) atoms. The quantitative estimate of drug-likeness (QED) is 0.461. The number of ether oxygens (including phenoxy) is 2. The summed E-state index contributed by atoms with van der Waals surface area (Å²) in [5.41, 5.74) is 0. The van der Waals surface area contributed by atoms with Gasteiger partial charge in [0.15, 0.2) is 0 Å². The van der Waals surface area contributed by atoms with Gasteiger partial charge in [-0.15, -0.1) is 0 Å². The molecule has 1 heterocycles. The molecule has 1 saturated carbocycles. The van der Waals surface area contributed by atoms with E-state index < -0.39 is 0 Å². The number of thiocarbonyl (C=S) groups is 1. The van der Waals surface area contributed by atoms with Crippen molar-refractivity contribution in [2.24, 2.45) is 5.92 Å². The number of rotatable bonds is 2. The predicted molar refractivity (Wildman–Crippen MR) is 45.8 cm³/mol. The summed E-state index contributed by atoms with van der Waals surface area (Å²) in [5, 5.41) is 1.85. The molecule has 0 N–H and O–H groups in total. The van der Waals surface area contributed by atoms with Gasteiger partial charge in [-0.1, -0.05) is 12.2 Å². The summed E-state index contributed by atoms with van der Waals surface area (Å²) in [6.45, 7) is 0. The molecule has 2 nitrogen and oxygen atoms in total. The Kier molecular flexibility index (Phi) is 1.95. The fourth-order valence-electron chi connectivity index (χ4n) is 1.84. The maximum absolute atomic E-state index is 5.42. The second-order valence-corrected chi connectivity index (χ2v) is 3.55. The zero-order valence-corrected chi connectivity index (χ0v) is 7.34. The van der Waals surface area contributed by atoms with Gasteiger partial charge in [0.25, 0.3) is 0 Å². The van der Waals surface area contributed by atoms with Crippen molar-refractivity contribution < 1.29 is 9.47 Å². The van der Waals surface area contributed by atoms with Gasteiger partial charge >= 0.3 is 0 Å². The Labute approximate surface area is 71.9 Å². The van der Waals surface area contributed by atoms with E-state index in [0.717, 1.165) is 12.8 Å². The largest absolute Gasteiger partial charge is 0.379 e. The Morgan fingerprint density at radius 2 is 2.36 bits per heavy atom. The van der Waals surface area contributed by atoms with Crippen molar-refractivity contribution in [3.05, 3.63) is 0 Å². The molecule has 2 aliphatic rings. The first kappa shape index (κ1) is 7.65. The summed E-state index contributed by atoms with van der Waals surface area (Å²) in [4.78, 5) is 0. The normalized spacial score (nSPS) is 48.1. The van der Waals surface area contributed by atoms with E-state index in [1.807, 2.05) is 5.37 Å². The van der Waals surface area contributed by atoms with Crippen LogP contribution in [0.3, 0.4) is 0 Å². The highest BCUT2D eigenvalue weighted by molar-refractivity contribution is 7.79. The number of hydrogen-bond donors (Lipinski definition) is 0. The minimum Gasteiger partial charge on any atom is -0.379 e. The summed E-state index contributed by atoms with van der Waals surface area (Å²) in [5.74, 6) is 0.527. The highest BCUT2D eigenvalue weighted by Gasteiger charge is 2.50. The van der Waals surface area contributed by atoms with E-state index in [2.05, 4.69) is 0 Å². The summed E-state index contributed by atoms with van der Waals surface area (Å²) >= 11 is 4.91.